The standard InChI is InChI=1S/C76H50N4/c1-7-19-55(20-8-1)73-65-43-39-60(52-33-37-54(38-34-52)62-42-46-72-70(50-62)78-76(58-25-13-4-14-26-58)80(72)64-29-17-6-18-30-64)48-68(65)74(56-21-9-2-10-22-56)66-44-40-59(47-67(66)73)51-31-35-53(36-32-51)61-41-45-71-69(49-61)77-75(57-23-11-3-12-24-57)79(71)63-27-15-5-16-28-63/h1-50H. The summed E-state index contributed by atoms with van der Waals surface area (Å²) in [5.41, 5.74) is 22.4. The predicted molar refractivity (Wildman–Crippen MR) is 334 cm³/mol. The minimum Gasteiger partial charge on any atom is -0.292 e. The Morgan fingerprint density at radius 2 is 0.475 bits per heavy atom. The van der Waals surface area contributed by atoms with Gasteiger partial charge in [-0.3, -0.25) is 9.13 Å². The largest absolute Gasteiger partial charge is 0.292 e. The summed E-state index contributed by atoms with van der Waals surface area (Å²) in [4.78, 5) is 10.5. The van der Waals surface area contributed by atoms with Gasteiger partial charge in [0.25, 0.3) is 0 Å². The lowest BCUT2D eigenvalue weighted by Gasteiger charge is -2.20. The molecule has 0 aliphatic carbocycles. The second kappa shape index (κ2) is 19.7. The summed E-state index contributed by atoms with van der Waals surface area (Å²) in [6.07, 6.45) is 0. The van der Waals surface area contributed by atoms with Gasteiger partial charge in [0.05, 0.1) is 22.1 Å². The maximum atomic E-state index is 5.24. The average molecular weight is 1020 g/mol. The van der Waals surface area contributed by atoms with Gasteiger partial charge in [0.15, 0.2) is 0 Å². The molecule has 15 rings (SSSR count). The van der Waals surface area contributed by atoms with Gasteiger partial charge in [-0.05, 0) is 149 Å². The Morgan fingerprint density at radius 1 is 0.200 bits per heavy atom. The van der Waals surface area contributed by atoms with Crippen LogP contribution >= 0.6 is 0 Å². The van der Waals surface area contributed by atoms with E-state index < -0.39 is 0 Å². The summed E-state index contributed by atoms with van der Waals surface area (Å²) in [5.74, 6) is 1.86. The zero-order valence-corrected chi connectivity index (χ0v) is 43.7. The Bertz CT molecular complexity index is 4430. The number of benzene rings is 13. The van der Waals surface area contributed by atoms with Gasteiger partial charge in [0, 0.05) is 22.5 Å². The molecule has 0 amide bonds. The molecule has 0 unspecified atom stereocenters. The van der Waals surface area contributed by atoms with E-state index in [1.54, 1.807) is 0 Å². The summed E-state index contributed by atoms with van der Waals surface area (Å²) in [6, 6.07) is 109. The topological polar surface area (TPSA) is 35.6 Å². The molecule has 0 atom stereocenters. The molecule has 2 aromatic heterocycles. The third-order valence-electron chi connectivity index (χ3n) is 15.7. The highest BCUT2D eigenvalue weighted by atomic mass is 15.1. The first-order chi connectivity index (χ1) is 39.7. The number of fused-ring (bicyclic) bond motifs is 4. The van der Waals surface area contributed by atoms with Crippen molar-refractivity contribution in [3.63, 3.8) is 0 Å². The van der Waals surface area contributed by atoms with Gasteiger partial charge in [0.2, 0.25) is 0 Å². The highest BCUT2D eigenvalue weighted by Gasteiger charge is 2.21. The normalized spacial score (nSPS) is 11.5. The minimum absolute atomic E-state index is 0.928. The van der Waals surface area contributed by atoms with Gasteiger partial charge in [-0.2, -0.15) is 0 Å². The molecule has 0 aliphatic rings. The van der Waals surface area contributed by atoms with Crippen LogP contribution in [-0.2, 0) is 0 Å². The van der Waals surface area contributed by atoms with Gasteiger partial charge >= 0.3 is 0 Å². The van der Waals surface area contributed by atoms with Crippen LogP contribution in [0.1, 0.15) is 0 Å². The zero-order chi connectivity index (χ0) is 52.9. The molecule has 0 spiro atoms. The molecule has 0 radical (unpaired) electrons. The molecule has 4 nitrogen and oxygen atoms in total. The van der Waals surface area contributed by atoms with Crippen molar-refractivity contribution in [1.29, 1.82) is 0 Å². The van der Waals surface area contributed by atoms with Crippen molar-refractivity contribution < 1.29 is 0 Å². The van der Waals surface area contributed by atoms with Crippen molar-refractivity contribution in [1.82, 2.24) is 19.1 Å². The SMILES string of the molecule is c1ccc(-c2c3ccc(-c4ccc(-c5ccc6c(c5)nc(-c5ccccc5)n6-c5ccccc5)cc4)cc3c(-c3ccccc3)c3ccc(-c4ccc(-c5ccc6c(c5)nc(-c5ccccc5)n6-c5ccccc5)cc4)cc23)cc1. The average Bonchev–Trinajstić information content (AvgIpc) is 4.16. The van der Waals surface area contributed by atoms with E-state index in [9.17, 15) is 0 Å². The molecule has 0 bridgehead atoms. The molecule has 0 fully saturated rings. The summed E-state index contributed by atoms with van der Waals surface area (Å²) >= 11 is 0. The number of hydrogen-bond donors (Lipinski definition) is 0. The summed E-state index contributed by atoms with van der Waals surface area (Å²) < 4.78 is 4.52. The summed E-state index contributed by atoms with van der Waals surface area (Å²) in [5, 5.41) is 4.87. The number of para-hydroxylation sites is 2. The lowest BCUT2D eigenvalue weighted by Crippen LogP contribution is -1.97. The molecular formula is C76H50N4. The van der Waals surface area contributed by atoms with E-state index in [0.717, 1.165) is 89.6 Å². The van der Waals surface area contributed by atoms with Crippen LogP contribution in [0.2, 0.25) is 0 Å². The maximum absolute atomic E-state index is 5.24. The van der Waals surface area contributed by atoms with Crippen LogP contribution in [0.25, 0.3) is 145 Å². The maximum Gasteiger partial charge on any atom is 0.145 e. The number of hydrogen-bond acceptors (Lipinski definition) is 2. The highest BCUT2D eigenvalue weighted by Crippen LogP contribution is 2.46. The fourth-order valence-electron chi connectivity index (χ4n) is 11.9. The number of nitrogens with zero attached hydrogens (tertiary/aromatic N) is 4. The van der Waals surface area contributed by atoms with Gasteiger partial charge in [-0.25, -0.2) is 9.97 Å². The molecule has 0 N–H and O–H groups in total. The molecule has 13 aromatic carbocycles. The zero-order valence-electron chi connectivity index (χ0n) is 43.7. The van der Waals surface area contributed by atoms with Crippen LogP contribution in [0, 0.1) is 0 Å². The van der Waals surface area contributed by atoms with E-state index >= 15 is 0 Å². The fourth-order valence-corrected chi connectivity index (χ4v) is 11.9. The molecule has 0 aliphatic heterocycles. The Labute approximate surface area is 464 Å². The van der Waals surface area contributed by atoms with Crippen molar-refractivity contribution in [2.45, 2.75) is 0 Å². The van der Waals surface area contributed by atoms with Crippen LogP contribution in [0.3, 0.4) is 0 Å². The van der Waals surface area contributed by atoms with Gasteiger partial charge in [-0.1, -0.05) is 243 Å². The molecule has 0 saturated carbocycles. The number of rotatable bonds is 10. The number of imidazole rings is 2. The van der Waals surface area contributed by atoms with Gasteiger partial charge in [-0.15, -0.1) is 0 Å². The predicted octanol–water partition coefficient (Wildman–Crippen LogP) is 20.0. The van der Waals surface area contributed by atoms with Crippen LogP contribution in [0.15, 0.2) is 303 Å². The Kier molecular flexibility index (Phi) is 11.5. The smallest absolute Gasteiger partial charge is 0.145 e. The molecule has 374 valence electrons. The Balaban J connectivity index is 0.803. The lowest BCUT2D eigenvalue weighted by atomic mass is 9.84. The molecule has 2 heterocycles. The third kappa shape index (κ3) is 8.26. The molecule has 80 heavy (non-hydrogen) atoms. The monoisotopic (exact) mass is 1020 g/mol. The van der Waals surface area contributed by atoms with Crippen molar-refractivity contribution in [2.24, 2.45) is 0 Å². The van der Waals surface area contributed by atoms with Crippen molar-refractivity contribution in [3.05, 3.63) is 303 Å². The van der Waals surface area contributed by atoms with E-state index in [2.05, 4.69) is 300 Å². The number of aromatic nitrogens is 4. The van der Waals surface area contributed by atoms with Crippen LogP contribution in [-0.4, -0.2) is 19.1 Å². The fraction of sp³-hybridized carbons (Fsp3) is 0. The Morgan fingerprint density at radius 3 is 0.812 bits per heavy atom. The first-order valence-electron chi connectivity index (χ1n) is 27.3. The van der Waals surface area contributed by atoms with E-state index in [1.165, 1.54) is 54.9 Å². The first-order valence-corrected chi connectivity index (χ1v) is 27.3. The van der Waals surface area contributed by atoms with Crippen molar-refractivity contribution in [2.75, 3.05) is 0 Å². The quantitative estimate of drug-likeness (QED) is 0.128. The highest BCUT2D eigenvalue weighted by molar-refractivity contribution is 6.22. The van der Waals surface area contributed by atoms with Gasteiger partial charge in [0.1, 0.15) is 11.6 Å². The van der Waals surface area contributed by atoms with E-state index in [0.29, 0.717) is 0 Å². The summed E-state index contributed by atoms with van der Waals surface area (Å²) in [6.45, 7) is 0. The Hall–Kier alpha value is -10.7. The first kappa shape index (κ1) is 46.6. The second-order valence-electron chi connectivity index (χ2n) is 20.5. The second-order valence-corrected chi connectivity index (χ2v) is 20.5. The van der Waals surface area contributed by atoms with E-state index in [-0.39, 0.29) is 0 Å². The molecule has 15 aromatic rings. The molecular weight excluding hydrogens is 969 g/mol. The lowest BCUT2D eigenvalue weighted by molar-refractivity contribution is 1.10. The molecule has 0 saturated heterocycles. The van der Waals surface area contributed by atoms with Crippen molar-refractivity contribution >= 4 is 43.6 Å². The van der Waals surface area contributed by atoms with Gasteiger partial charge < -0.3 is 0 Å². The van der Waals surface area contributed by atoms with E-state index in [1.807, 2.05) is 12.1 Å². The third-order valence-corrected chi connectivity index (χ3v) is 15.7. The molecule has 4 heteroatoms. The minimum atomic E-state index is 0.928. The summed E-state index contributed by atoms with van der Waals surface area (Å²) in [7, 11) is 0. The van der Waals surface area contributed by atoms with Crippen LogP contribution in [0.5, 0.6) is 0 Å². The van der Waals surface area contributed by atoms with E-state index in [4.69, 9.17) is 9.97 Å². The van der Waals surface area contributed by atoms with Crippen LogP contribution < -0.4 is 0 Å². The van der Waals surface area contributed by atoms with Crippen LogP contribution in [0.4, 0.5) is 0 Å². The van der Waals surface area contributed by atoms with Crippen molar-refractivity contribution in [3.8, 4) is 101 Å².